The van der Waals surface area contributed by atoms with E-state index in [1.807, 2.05) is 6.92 Å². The van der Waals surface area contributed by atoms with Crippen LogP contribution >= 0.6 is 0 Å². The molecule has 1 aromatic rings. The molecule has 0 bridgehead atoms. The van der Waals surface area contributed by atoms with Crippen molar-refractivity contribution in [3.8, 4) is 17.2 Å². The molecule has 0 saturated carbocycles. The topological polar surface area (TPSA) is 47.9 Å². The summed E-state index contributed by atoms with van der Waals surface area (Å²) in [4.78, 5) is 0. The van der Waals surface area contributed by atoms with Crippen molar-refractivity contribution in [2.75, 3.05) is 6.79 Å². The van der Waals surface area contributed by atoms with E-state index in [0.29, 0.717) is 17.2 Å². The minimum Gasteiger partial charge on any atom is -0.490 e. The summed E-state index contributed by atoms with van der Waals surface area (Å²) >= 11 is 0. The largest absolute Gasteiger partial charge is 0.490 e. The average molecular weight is 224 g/mol. The molecule has 0 spiro atoms. The number of rotatable bonds is 4. The molecule has 88 valence electrons. The van der Waals surface area contributed by atoms with Crippen LogP contribution in [0.4, 0.5) is 0 Å². The van der Waals surface area contributed by atoms with Crippen LogP contribution in [0.3, 0.4) is 0 Å². The molecule has 1 aromatic carbocycles. The lowest BCUT2D eigenvalue weighted by atomic mass is 10.2. The van der Waals surface area contributed by atoms with Crippen molar-refractivity contribution >= 4 is 0 Å². The summed E-state index contributed by atoms with van der Waals surface area (Å²) < 4.78 is 16.2. The zero-order valence-corrected chi connectivity index (χ0v) is 9.53. The van der Waals surface area contributed by atoms with E-state index in [-0.39, 0.29) is 19.5 Å². The Kier molecular flexibility index (Phi) is 3.19. The first kappa shape index (κ1) is 11.1. The average Bonchev–Trinajstić information content (AvgIpc) is 2.74. The van der Waals surface area contributed by atoms with Crippen molar-refractivity contribution < 1.29 is 19.3 Å². The minimum atomic E-state index is -0.0671. The van der Waals surface area contributed by atoms with Crippen LogP contribution in [0.5, 0.6) is 17.2 Å². The number of hydrogen-bond donors (Lipinski definition) is 1. The monoisotopic (exact) mass is 224 g/mol. The van der Waals surface area contributed by atoms with E-state index in [9.17, 15) is 5.11 Å². The lowest BCUT2D eigenvalue weighted by molar-refractivity contribution is 0.173. The zero-order chi connectivity index (χ0) is 11.5. The van der Waals surface area contributed by atoms with Gasteiger partial charge in [-0.2, -0.15) is 0 Å². The molecule has 0 amide bonds. The summed E-state index contributed by atoms with van der Waals surface area (Å²) in [5, 5.41) is 9.26. The Morgan fingerprint density at radius 3 is 2.69 bits per heavy atom. The summed E-state index contributed by atoms with van der Waals surface area (Å²) in [5.41, 5.74) is 0.726. The molecule has 16 heavy (non-hydrogen) atoms. The van der Waals surface area contributed by atoms with Gasteiger partial charge < -0.3 is 19.3 Å². The first-order chi connectivity index (χ1) is 7.74. The second kappa shape index (κ2) is 4.61. The predicted molar refractivity (Wildman–Crippen MR) is 58.9 cm³/mol. The summed E-state index contributed by atoms with van der Waals surface area (Å²) in [6, 6.07) is 3.54. The van der Waals surface area contributed by atoms with E-state index >= 15 is 0 Å². The molecule has 1 aliphatic heterocycles. The van der Waals surface area contributed by atoms with Gasteiger partial charge in [-0.05, 0) is 19.4 Å². The van der Waals surface area contributed by atoms with Gasteiger partial charge in [0.15, 0.2) is 11.5 Å². The standard InChI is InChI=1S/C12H16O4/c1-3-8(2)16-10-5-12-11(14-7-15-12)4-9(10)6-13/h4-5,8,13H,3,6-7H2,1-2H3. The first-order valence-corrected chi connectivity index (χ1v) is 5.44. The van der Waals surface area contributed by atoms with E-state index in [1.165, 1.54) is 0 Å². The smallest absolute Gasteiger partial charge is 0.231 e. The molecular weight excluding hydrogens is 208 g/mol. The molecular formula is C12H16O4. The van der Waals surface area contributed by atoms with Crippen molar-refractivity contribution in [1.82, 2.24) is 0 Å². The van der Waals surface area contributed by atoms with Gasteiger partial charge in [-0.3, -0.25) is 0 Å². The van der Waals surface area contributed by atoms with Crippen molar-refractivity contribution in [1.29, 1.82) is 0 Å². The van der Waals surface area contributed by atoms with Crippen LogP contribution in [0.25, 0.3) is 0 Å². The van der Waals surface area contributed by atoms with Gasteiger partial charge in [-0.1, -0.05) is 6.92 Å². The number of benzene rings is 1. The Hall–Kier alpha value is -1.42. The number of aliphatic hydroxyl groups is 1. The molecule has 2 rings (SSSR count). The van der Waals surface area contributed by atoms with Crippen LogP contribution in [0.1, 0.15) is 25.8 Å². The van der Waals surface area contributed by atoms with Gasteiger partial charge in [-0.25, -0.2) is 0 Å². The van der Waals surface area contributed by atoms with Crippen LogP contribution < -0.4 is 14.2 Å². The fourth-order valence-electron chi connectivity index (χ4n) is 1.50. The van der Waals surface area contributed by atoms with Crippen LogP contribution in [0.2, 0.25) is 0 Å². The SMILES string of the molecule is CCC(C)Oc1cc2c(cc1CO)OCO2. The Morgan fingerprint density at radius 1 is 1.38 bits per heavy atom. The van der Waals surface area contributed by atoms with Gasteiger partial charge >= 0.3 is 0 Å². The van der Waals surface area contributed by atoms with Crippen molar-refractivity contribution in [3.05, 3.63) is 17.7 Å². The molecule has 0 aromatic heterocycles. The van der Waals surface area contributed by atoms with Crippen LogP contribution in [0, 0.1) is 0 Å². The molecule has 1 aliphatic rings. The zero-order valence-electron chi connectivity index (χ0n) is 9.53. The molecule has 0 fully saturated rings. The highest BCUT2D eigenvalue weighted by molar-refractivity contribution is 5.51. The maximum atomic E-state index is 9.26. The quantitative estimate of drug-likeness (QED) is 0.850. The minimum absolute atomic E-state index is 0.0671. The Labute approximate surface area is 94.8 Å². The summed E-state index contributed by atoms with van der Waals surface area (Å²) in [7, 11) is 0. The summed E-state index contributed by atoms with van der Waals surface area (Å²) in [6.45, 7) is 4.21. The fraction of sp³-hybridized carbons (Fsp3) is 0.500. The lowest BCUT2D eigenvalue weighted by Crippen LogP contribution is -2.11. The highest BCUT2D eigenvalue weighted by Gasteiger charge is 2.18. The van der Waals surface area contributed by atoms with E-state index < -0.39 is 0 Å². The molecule has 1 N–H and O–H groups in total. The summed E-state index contributed by atoms with van der Waals surface area (Å²) in [6.07, 6.45) is 1.03. The summed E-state index contributed by atoms with van der Waals surface area (Å²) in [5.74, 6) is 2.01. The second-order valence-electron chi connectivity index (χ2n) is 3.81. The highest BCUT2D eigenvalue weighted by atomic mass is 16.7. The van der Waals surface area contributed by atoms with Crippen molar-refractivity contribution in [3.63, 3.8) is 0 Å². The molecule has 1 unspecified atom stereocenters. The molecule has 0 saturated heterocycles. The second-order valence-corrected chi connectivity index (χ2v) is 3.81. The molecule has 0 aliphatic carbocycles. The molecule has 4 heteroatoms. The van der Waals surface area contributed by atoms with E-state index in [0.717, 1.165) is 12.0 Å². The number of hydrogen-bond acceptors (Lipinski definition) is 4. The normalized spacial score (nSPS) is 14.9. The van der Waals surface area contributed by atoms with Crippen LogP contribution in [-0.2, 0) is 6.61 Å². The fourth-order valence-corrected chi connectivity index (χ4v) is 1.50. The van der Waals surface area contributed by atoms with E-state index in [4.69, 9.17) is 14.2 Å². The lowest BCUT2D eigenvalue weighted by Gasteiger charge is -2.15. The maximum Gasteiger partial charge on any atom is 0.231 e. The molecule has 1 atom stereocenters. The number of ether oxygens (including phenoxy) is 3. The number of aliphatic hydroxyl groups excluding tert-OH is 1. The van der Waals surface area contributed by atoms with Gasteiger partial charge in [-0.15, -0.1) is 0 Å². The Balaban J connectivity index is 2.28. The van der Waals surface area contributed by atoms with Gasteiger partial charge in [0.1, 0.15) is 5.75 Å². The van der Waals surface area contributed by atoms with E-state index in [1.54, 1.807) is 12.1 Å². The number of fused-ring (bicyclic) bond motifs is 1. The molecule has 0 radical (unpaired) electrons. The Morgan fingerprint density at radius 2 is 2.06 bits per heavy atom. The van der Waals surface area contributed by atoms with Gasteiger partial charge in [0.25, 0.3) is 0 Å². The maximum absolute atomic E-state index is 9.26. The third-order valence-electron chi connectivity index (χ3n) is 2.63. The highest BCUT2D eigenvalue weighted by Crippen LogP contribution is 2.38. The first-order valence-electron chi connectivity index (χ1n) is 5.44. The van der Waals surface area contributed by atoms with Gasteiger partial charge in [0.05, 0.1) is 12.7 Å². The van der Waals surface area contributed by atoms with Crippen LogP contribution in [0.15, 0.2) is 12.1 Å². The van der Waals surface area contributed by atoms with Crippen LogP contribution in [-0.4, -0.2) is 18.0 Å². The van der Waals surface area contributed by atoms with Crippen molar-refractivity contribution in [2.45, 2.75) is 33.0 Å². The Bertz CT molecular complexity index is 376. The molecule has 4 nitrogen and oxygen atoms in total. The van der Waals surface area contributed by atoms with Gasteiger partial charge in [0, 0.05) is 11.6 Å². The molecule has 1 heterocycles. The van der Waals surface area contributed by atoms with E-state index in [2.05, 4.69) is 6.92 Å². The third kappa shape index (κ3) is 2.07. The third-order valence-corrected chi connectivity index (χ3v) is 2.63. The van der Waals surface area contributed by atoms with Crippen molar-refractivity contribution in [2.24, 2.45) is 0 Å². The predicted octanol–water partition coefficient (Wildman–Crippen LogP) is 2.08. The van der Waals surface area contributed by atoms with Gasteiger partial charge in [0.2, 0.25) is 6.79 Å².